The van der Waals surface area contributed by atoms with Crippen LogP contribution in [0, 0.1) is 36.0 Å². The zero-order chi connectivity index (χ0) is 35.9. The van der Waals surface area contributed by atoms with E-state index in [0.29, 0.717) is 17.4 Å². The van der Waals surface area contributed by atoms with Gasteiger partial charge in [0.15, 0.2) is 0 Å². The lowest BCUT2D eigenvalue weighted by Crippen LogP contribution is -2.62. The highest BCUT2D eigenvalue weighted by atomic mass is 16.7. The van der Waals surface area contributed by atoms with Crippen LogP contribution in [0.2, 0.25) is 0 Å². The molecule has 0 radical (unpaired) electrons. The summed E-state index contributed by atoms with van der Waals surface area (Å²) in [4.78, 5) is 49.1. The minimum absolute atomic E-state index is 0.00168. The van der Waals surface area contributed by atoms with Crippen molar-refractivity contribution < 1.29 is 29.1 Å². The van der Waals surface area contributed by atoms with E-state index < -0.39 is 30.4 Å². The maximum absolute atomic E-state index is 14.4. The number of hydrogen-bond donors (Lipinski definition) is 4. The van der Waals surface area contributed by atoms with Crippen LogP contribution in [-0.4, -0.2) is 99.2 Å². The molecule has 3 aliphatic carbocycles. The number of nitrogens with two attached hydrogens (primary N) is 1. The molecule has 5 N–H and O–H groups in total. The molecule has 2 aromatic carbocycles. The predicted octanol–water partition coefficient (Wildman–Crippen LogP) is 3.35. The quantitative estimate of drug-likeness (QED) is 0.278. The van der Waals surface area contributed by atoms with E-state index >= 15 is 0 Å². The van der Waals surface area contributed by atoms with Gasteiger partial charge in [-0.3, -0.25) is 14.4 Å². The second-order valence-electron chi connectivity index (χ2n) is 15.0. The molecule has 49 heavy (non-hydrogen) atoms. The second kappa shape index (κ2) is 14.3. The average Bonchev–Trinajstić information content (AvgIpc) is 3.44. The molecule has 1 aliphatic heterocycles. The molecule has 0 spiro atoms. The van der Waals surface area contributed by atoms with Gasteiger partial charge in [0.1, 0.15) is 12.1 Å². The summed E-state index contributed by atoms with van der Waals surface area (Å²) in [6, 6.07) is 10.7. The summed E-state index contributed by atoms with van der Waals surface area (Å²) in [5, 5.41) is 18.9. The second-order valence-corrected chi connectivity index (χ2v) is 15.0. The Morgan fingerprint density at radius 2 is 1.86 bits per heavy atom. The van der Waals surface area contributed by atoms with E-state index in [1.165, 1.54) is 25.4 Å². The Morgan fingerprint density at radius 1 is 1.14 bits per heavy atom. The van der Waals surface area contributed by atoms with Crippen LogP contribution in [0.1, 0.15) is 55.1 Å². The zero-order valence-electron chi connectivity index (χ0n) is 30.3. The number of rotatable bonds is 10. The largest absolute Gasteiger partial charge is 0.419 e. The van der Waals surface area contributed by atoms with Gasteiger partial charge in [-0.2, -0.15) is 5.06 Å². The first-order valence-electron chi connectivity index (χ1n) is 17.2. The molecule has 6 rings (SSSR count). The molecule has 3 amide bonds. The molecule has 268 valence electrons. The molecule has 8 atom stereocenters. The summed E-state index contributed by atoms with van der Waals surface area (Å²) in [5.41, 5.74) is 11.5. The molecule has 1 heterocycles. The first-order chi connectivity index (χ1) is 23.1. The lowest BCUT2D eigenvalue weighted by molar-refractivity contribution is -0.176. The van der Waals surface area contributed by atoms with Crippen LogP contribution in [0.15, 0.2) is 36.4 Å². The van der Waals surface area contributed by atoms with Crippen LogP contribution in [0.4, 0.5) is 10.5 Å². The lowest BCUT2D eigenvalue weighted by Gasteiger charge is -2.62. The first kappa shape index (κ1) is 36.6. The molecule has 0 unspecified atom stereocenters. The fraction of sp³-hybridized carbons (Fsp3) is 0.595. The summed E-state index contributed by atoms with van der Waals surface area (Å²) in [6.45, 7) is 9.04. The van der Waals surface area contributed by atoms with Gasteiger partial charge in [0.25, 0.3) is 5.91 Å². The maximum atomic E-state index is 14.4. The molecule has 1 saturated heterocycles. The Kier molecular flexibility index (Phi) is 10.6. The van der Waals surface area contributed by atoms with Crippen LogP contribution in [0.5, 0.6) is 0 Å². The standard InChI is InChI=1S/C37H54N6O6/c1-20-22(11-10-12-27(20)23-13-24(33(44)39-5)15-26(14-23)41(6)7)19-43-32(31(30(18-38)49-43)35(46)48-36(47)42(8)9)34(45)40-29-17-25-16-28(21(29)2)37(25,3)4/h10-15,21,25,28-32,35,46H,16-19,38H2,1-9H3,(H,39,44)(H,40,45)/t21-,25+,28-,29-,30-,31+,32-,35+/m0/s1. The number of hydroxylamine groups is 2. The highest BCUT2D eigenvalue weighted by Crippen LogP contribution is 2.61. The van der Waals surface area contributed by atoms with Crippen molar-refractivity contribution >= 4 is 23.6 Å². The number of aliphatic hydroxyl groups is 1. The number of fused-ring (bicyclic) bond motifs is 2. The Labute approximate surface area is 290 Å². The van der Waals surface area contributed by atoms with Crippen LogP contribution >= 0.6 is 0 Å². The summed E-state index contributed by atoms with van der Waals surface area (Å²) in [7, 11) is 8.51. The van der Waals surface area contributed by atoms with E-state index in [2.05, 4.69) is 31.4 Å². The topological polar surface area (TPSA) is 150 Å². The highest BCUT2D eigenvalue weighted by Gasteiger charge is 2.58. The number of ether oxygens (including phenoxy) is 1. The van der Waals surface area contributed by atoms with Gasteiger partial charge in [0, 0.05) is 59.1 Å². The highest BCUT2D eigenvalue weighted by molar-refractivity contribution is 5.96. The fourth-order valence-corrected chi connectivity index (χ4v) is 8.22. The van der Waals surface area contributed by atoms with Gasteiger partial charge in [0.05, 0.1) is 12.5 Å². The molecule has 4 fully saturated rings. The number of aliphatic hydroxyl groups excluding tert-OH is 1. The SMILES string of the molecule is CNC(=O)c1cc(-c2cccc(CN3O[C@@H](CN)[C@@H]([C@H](O)OC(=O)N(C)C)[C@H]3C(=O)N[C@H]3C[C@H]4C[C@@H]([C@@H]3C)C4(C)C)c2C)cc(N(C)C)c1. The Hall–Kier alpha value is -3.71. The number of benzene rings is 2. The van der Waals surface area contributed by atoms with E-state index in [4.69, 9.17) is 15.3 Å². The van der Waals surface area contributed by atoms with Crippen molar-refractivity contribution in [2.24, 2.45) is 34.8 Å². The molecular weight excluding hydrogens is 624 g/mol. The van der Waals surface area contributed by atoms with Crippen molar-refractivity contribution in [3.63, 3.8) is 0 Å². The summed E-state index contributed by atoms with van der Waals surface area (Å²) < 4.78 is 5.40. The molecular formula is C37H54N6O6. The van der Waals surface area contributed by atoms with Crippen molar-refractivity contribution in [3.05, 3.63) is 53.1 Å². The van der Waals surface area contributed by atoms with E-state index in [0.717, 1.165) is 34.4 Å². The lowest BCUT2D eigenvalue weighted by atomic mass is 9.45. The third-order valence-electron chi connectivity index (χ3n) is 11.5. The number of carbonyl (C=O) groups excluding carboxylic acids is 3. The maximum Gasteiger partial charge on any atom is 0.411 e. The zero-order valence-corrected chi connectivity index (χ0v) is 30.3. The van der Waals surface area contributed by atoms with Crippen LogP contribution in [0.25, 0.3) is 11.1 Å². The number of nitrogens with zero attached hydrogens (tertiary/aromatic N) is 3. The molecule has 2 bridgehead atoms. The first-order valence-corrected chi connectivity index (χ1v) is 17.2. The minimum Gasteiger partial charge on any atom is -0.419 e. The van der Waals surface area contributed by atoms with E-state index in [1.807, 2.05) is 62.3 Å². The Balaban J connectivity index is 1.48. The third kappa shape index (κ3) is 7.01. The molecule has 4 aliphatic rings. The molecule has 3 saturated carbocycles. The van der Waals surface area contributed by atoms with Crippen molar-refractivity contribution in [1.29, 1.82) is 0 Å². The van der Waals surface area contributed by atoms with Crippen LogP contribution in [0.3, 0.4) is 0 Å². The van der Waals surface area contributed by atoms with Gasteiger partial charge in [-0.1, -0.05) is 39.0 Å². The van der Waals surface area contributed by atoms with Crippen LogP contribution in [-0.2, 0) is 20.9 Å². The van der Waals surface area contributed by atoms with Gasteiger partial charge >= 0.3 is 6.09 Å². The number of nitrogens with one attached hydrogen (secondary N) is 2. The van der Waals surface area contributed by atoms with Crippen molar-refractivity contribution in [3.8, 4) is 11.1 Å². The van der Waals surface area contributed by atoms with Gasteiger partial charge in [-0.05, 0) is 83.4 Å². The molecule has 12 heteroatoms. The van der Waals surface area contributed by atoms with Crippen molar-refractivity contribution in [1.82, 2.24) is 20.6 Å². The normalized spacial score (nSPS) is 27.9. The van der Waals surface area contributed by atoms with Crippen molar-refractivity contribution in [2.75, 3.05) is 46.7 Å². The van der Waals surface area contributed by atoms with Crippen LogP contribution < -0.4 is 21.3 Å². The summed E-state index contributed by atoms with van der Waals surface area (Å²) in [5.74, 6) is -0.0645. The average molecular weight is 679 g/mol. The third-order valence-corrected chi connectivity index (χ3v) is 11.5. The minimum atomic E-state index is -1.63. The number of amides is 3. The predicted molar refractivity (Wildman–Crippen MR) is 188 cm³/mol. The van der Waals surface area contributed by atoms with Gasteiger partial charge < -0.3 is 36.0 Å². The Bertz CT molecular complexity index is 1560. The van der Waals surface area contributed by atoms with Crippen molar-refractivity contribution in [2.45, 2.75) is 71.6 Å². The summed E-state index contributed by atoms with van der Waals surface area (Å²) >= 11 is 0. The monoisotopic (exact) mass is 678 g/mol. The number of carbonyl (C=O) groups is 3. The van der Waals surface area contributed by atoms with Gasteiger partial charge in [0.2, 0.25) is 12.2 Å². The van der Waals surface area contributed by atoms with E-state index in [-0.39, 0.29) is 42.3 Å². The number of hydrogen-bond acceptors (Lipinski definition) is 9. The number of anilines is 1. The molecule has 12 nitrogen and oxygen atoms in total. The Morgan fingerprint density at radius 3 is 2.45 bits per heavy atom. The summed E-state index contributed by atoms with van der Waals surface area (Å²) in [6.07, 6.45) is -1.09. The molecule has 0 aromatic heterocycles. The fourth-order valence-electron chi connectivity index (χ4n) is 8.22. The van der Waals surface area contributed by atoms with Gasteiger partial charge in [-0.25, -0.2) is 4.79 Å². The van der Waals surface area contributed by atoms with E-state index in [1.54, 1.807) is 12.1 Å². The van der Waals surface area contributed by atoms with Gasteiger partial charge in [-0.15, -0.1) is 0 Å². The molecule has 2 aromatic rings. The smallest absolute Gasteiger partial charge is 0.411 e. The van der Waals surface area contributed by atoms with E-state index in [9.17, 15) is 19.5 Å².